The lowest BCUT2D eigenvalue weighted by Gasteiger charge is -2.06. The molecule has 2 aromatic rings. The first-order valence-electron chi connectivity index (χ1n) is 5.22. The number of halogens is 2. The Morgan fingerprint density at radius 1 is 1.42 bits per heavy atom. The fourth-order valence-corrected chi connectivity index (χ4v) is 1.54. The van der Waals surface area contributed by atoms with Crippen LogP contribution >= 0.6 is 11.6 Å². The number of nitrogens with one attached hydrogen (secondary N) is 1. The average molecular weight is 282 g/mol. The summed E-state index contributed by atoms with van der Waals surface area (Å²) in [5.74, 6) is -0.854. The Morgan fingerprint density at radius 2 is 2.21 bits per heavy atom. The second kappa shape index (κ2) is 5.62. The van der Waals surface area contributed by atoms with Crippen molar-refractivity contribution < 1.29 is 13.9 Å². The summed E-state index contributed by atoms with van der Waals surface area (Å²) < 4.78 is 18.5. The Kier molecular flexibility index (Phi) is 3.91. The lowest BCUT2D eigenvalue weighted by atomic mass is 10.2. The van der Waals surface area contributed by atoms with Gasteiger partial charge in [0, 0.05) is 6.07 Å². The van der Waals surface area contributed by atoms with Gasteiger partial charge in [-0.05, 0) is 12.1 Å². The molecule has 0 fully saturated rings. The summed E-state index contributed by atoms with van der Waals surface area (Å²) >= 11 is 5.63. The number of carbonyl (C=O) groups excluding carboxylic acids is 1. The SMILES string of the molecule is COc1ccc(C(=O)Nc2cncc(Cl)n2)c(F)c1. The van der Waals surface area contributed by atoms with Crippen molar-refractivity contribution in [2.45, 2.75) is 0 Å². The Labute approximate surface area is 113 Å². The number of hydrogen-bond acceptors (Lipinski definition) is 4. The number of carbonyl (C=O) groups is 1. The number of methoxy groups -OCH3 is 1. The molecule has 0 bridgehead atoms. The van der Waals surface area contributed by atoms with Gasteiger partial charge in [0.1, 0.15) is 16.7 Å². The predicted molar refractivity (Wildman–Crippen MR) is 67.9 cm³/mol. The standard InChI is InChI=1S/C12H9ClFN3O2/c1-19-7-2-3-8(9(14)4-7)12(18)17-11-6-15-5-10(13)16-11/h2-6H,1H3,(H,16,17,18). The minimum atomic E-state index is -0.688. The highest BCUT2D eigenvalue weighted by molar-refractivity contribution is 6.29. The Bertz CT molecular complexity index is 622. The third kappa shape index (κ3) is 3.17. The van der Waals surface area contributed by atoms with Crippen molar-refractivity contribution in [3.05, 3.63) is 47.1 Å². The molecule has 7 heteroatoms. The molecule has 1 amide bonds. The van der Waals surface area contributed by atoms with Crippen LogP contribution < -0.4 is 10.1 Å². The topological polar surface area (TPSA) is 64.1 Å². The third-order valence-electron chi connectivity index (χ3n) is 2.27. The van der Waals surface area contributed by atoms with Crippen molar-refractivity contribution >= 4 is 23.3 Å². The smallest absolute Gasteiger partial charge is 0.259 e. The molecular formula is C12H9ClFN3O2. The van der Waals surface area contributed by atoms with Crippen LogP contribution in [0.2, 0.25) is 5.15 Å². The highest BCUT2D eigenvalue weighted by Gasteiger charge is 2.13. The summed E-state index contributed by atoms with van der Waals surface area (Å²) in [6.07, 6.45) is 2.64. The Morgan fingerprint density at radius 3 is 2.84 bits per heavy atom. The molecule has 1 aromatic heterocycles. The summed E-state index contributed by atoms with van der Waals surface area (Å²) in [5, 5.41) is 2.53. The molecule has 2 rings (SSSR count). The van der Waals surface area contributed by atoms with E-state index in [0.29, 0.717) is 5.75 Å². The lowest BCUT2D eigenvalue weighted by molar-refractivity contribution is 0.102. The zero-order chi connectivity index (χ0) is 13.8. The van der Waals surface area contributed by atoms with E-state index in [9.17, 15) is 9.18 Å². The number of hydrogen-bond donors (Lipinski definition) is 1. The normalized spacial score (nSPS) is 10.1. The van der Waals surface area contributed by atoms with Crippen LogP contribution in [-0.2, 0) is 0 Å². The lowest BCUT2D eigenvalue weighted by Crippen LogP contribution is -2.15. The Balaban J connectivity index is 2.20. The maximum absolute atomic E-state index is 13.7. The summed E-state index contributed by atoms with van der Waals surface area (Å²) in [6.45, 7) is 0. The van der Waals surface area contributed by atoms with Gasteiger partial charge in [-0.3, -0.25) is 9.78 Å². The maximum atomic E-state index is 13.7. The van der Waals surface area contributed by atoms with Crippen LogP contribution in [0.4, 0.5) is 10.2 Å². The first-order valence-corrected chi connectivity index (χ1v) is 5.60. The molecule has 1 N–H and O–H groups in total. The van der Waals surface area contributed by atoms with Crippen molar-refractivity contribution in [1.82, 2.24) is 9.97 Å². The van der Waals surface area contributed by atoms with Gasteiger partial charge in [-0.2, -0.15) is 0 Å². The third-order valence-corrected chi connectivity index (χ3v) is 2.45. The molecule has 0 saturated carbocycles. The number of amides is 1. The van der Waals surface area contributed by atoms with E-state index >= 15 is 0 Å². The van der Waals surface area contributed by atoms with Gasteiger partial charge < -0.3 is 10.1 Å². The van der Waals surface area contributed by atoms with Crippen molar-refractivity contribution in [2.24, 2.45) is 0 Å². The molecule has 98 valence electrons. The van der Waals surface area contributed by atoms with Gasteiger partial charge in [0.05, 0.1) is 25.1 Å². The average Bonchev–Trinajstić information content (AvgIpc) is 2.38. The number of aromatic nitrogens is 2. The van der Waals surface area contributed by atoms with E-state index in [0.717, 1.165) is 6.07 Å². The molecule has 0 radical (unpaired) electrons. The molecule has 0 atom stereocenters. The minimum absolute atomic E-state index is 0.123. The summed E-state index contributed by atoms with van der Waals surface area (Å²) in [4.78, 5) is 19.4. The molecule has 0 spiro atoms. The molecular weight excluding hydrogens is 273 g/mol. The fraction of sp³-hybridized carbons (Fsp3) is 0.0833. The van der Waals surface area contributed by atoms with E-state index < -0.39 is 11.7 Å². The van der Waals surface area contributed by atoms with Crippen LogP contribution in [0.5, 0.6) is 5.75 Å². The van der Waals surface area contributed by atoms with E-state index in [1.54, 1.807) is 0 Å². The quantitative estimate of drug-likeness (QED) is 0.939. The molecule has 0 aliphatic rings. The van der Waals surface area contributed by atoms with Crippen LogP contribution in [0, 0.1) is 5.82 Å². The number of nitrogens with zero attached hydrogens (tertiary/aromatic N) is 2. The van der Waals surface area contributed by atoms with Gasteiger partial charge in [0.2, 0.25) is 0 Å². The molecule has 0 saturated heterocycles. The number of ether oxygens (including phenoxy) is 1. The van der Waals surface area contributed by atoms with Crippen molar-refractivity contribution in [1.29, 1.82) is 0 Å². The highest BCUT2D eigenvalue weighted by Crippen LogP contribution is 2.17. The predicted octanol–water partition coefficient (Wildman–Crippen LogP) is 2.53. The fourth-order valence-electron chi connectivity index (χ4n) is 1.39. The zero-order valence-corrected chi connectivity index (χ0v) is 10.6. The van der Waals surface area contributed by atoms with Gasteiger partial charge >= 0.3 is 0 Å². The largest absolute Gasteiger partial charge is 0.497 e. The molecule has 1 heterocycles. The molecule has 0 aliphatic heterocycles. The first kappa shape index (κ1) is 13.2. The second-order valence-corrected chi connectivity index (χ2v) is 3.91. The Hall–Kier alpha value is -2.21. The van der Waals surface area contributed by atoms with Crippen LogP contribution in [0.1, 0.15) is 10.4 Å². The molecule has 1 aromatic carbocycles. The monoisotopic (exact) mass is 281 g/mol. The number of rotatable bonds is 3. The maximum Gasteiger partial charge on any atom is 0.259 e. The number of benzene rings is 1. The van der Waals surface area contributed by atoms with Crippen LogP contribution in [-0.4, -0.2) is 23.0 Å². The number of anilines is 1. The minimum Gasteiger partial charge on any atom is -0.497 e. The molecule has 0 unspecified atom stereocenters. The van der Waals surface area contributed by atoms with Gasteiger partial charge in [-0.25, -0.2) is 9.37 Å². The van der Waals surface area contributed by atoms with Gasteiger partial charge in [0.15, 0.2) is 5.82 Å². The van der Waals surface area contributed by atoms with Crippen molar-refractivity contribution in [3.63, 3.8) is 0 Å². The van der Waals surface area contributed by atoms with Crippen LogP contribution in [0.3, 0.4) is 0 Å². The highest BCUT2D eigenvalue weighted by atomic mass is 35.5. The molecule has 5 nitrogen and oxygen atoms in total. The van der Waals surface area contributed by atoms with Gasteiger partial charge in [0.25, 0.3) is 5.91 Å². The van der Waals surface area contributed by atoms with Gasteiger partial charge in [-0.15, -0.1) is 0 Å². The van der Waals surface area contributed by atoms with E-state index in [1.165, 1.54) is 31.6 Å². The van der Waals surface area contributed by atoms with Crippen molar-refractivity contribution in [2.75, 3.05) is 12.4 Å². The van der Waals surface area contributed by atoms with Crippen molar-refractivity contribution in [3.8, 4) is 5.75 Å². The van der Waals surface area contributed by atoms with Crippen LogP contribution in [0.25, 0.3) is 0 Å². The zero-order valence-electron chi connectivity index (χ0n) is 9.85. The summed E-state index contributed by atoms with van der Waals surface area (Å²) in [5.41, 5.74) is -0.123. The van der Waals surface area contributed by atoms with E-state index in [1.807, 2.05) is 0 Å². The van der Waals surface area contributed by atoms with E-state index in [2.05, 4.69) is 15.3 Å². The summed E-state index contributed by atoms with van der Waals surface area (Å²) in [7, 11) is 1.41. The molecule has 0 aliphatic carbocycles. The summed E-state index contributed by atoms with van der Waals surface area (Å²) in [6, 6.07) is 3.93. The second-order valence-electron chi connectivity index (χ2n) is 3.53. The van der Waals surface area contributed by atoms with Crippen LogP contribution in [0.15, 0.2) is 30.6 Å². The molecule has 19 heavy (non-hydrogen) atoms. The van der Waals surface area contributed by atoms with E-state index in [-0.39, 0.29) is 16.5 Å². The van der Waals surface area contributed by atoms with E-state index in [4.69, 9.17) is 16.3 Å². The first-order chi connectivity index (χ1) is 9.10. The van der Waals surface area contributed by atoms with Gasteiger partial charge in [-0.1, -0.05) is 11.6 Å².